The number of methoxy groups -OCH3 is 1. The van der Waals surface area contributed by atoms with E-state index < -0.39 is 0 Å². The Bertz CT molecular complexity index is 998. The first-order chi connectivity index (χ1) is 14.1. The number of benzene rings is 1. The lowest BCUT2D eigenvalue weighted by Gasteiger charge is -2.33. The molecule has 1 fully saturated rings. The fourth-order valence-corrected chi connectivity index (χ4v) is 3.78. The molecule has 3 aromatic rings. The van der Waals surface area contributed by atoms with E-state index in [1.807, 2.05) is 48.2 Å². The number of nitrogens with zero attached hydrogens (tertiary/aromatic N) is 3. The maximum absolute atomic E-state index is 13.1. The van der Waals surface area contributed by atoms with E-state index in [9.17, 15) is 4.79 Å². The second-order valence-corrected chi connectivity index (χ2v) is 7.37. The van der Waals surface area contributed by atoms with Gasteiger partial charge in [-0.25, -0.2) is 9.97 Å². The third kappa shape index (κ3) is 4.31. The number of rotatable bonds is 5. The Balaban J connectivity index is 1.54. The Morgan fingerprint density at radius 1 is 1.24 bits per heavy atom. The van der Waals surface area contributed by atoms with Crippen molar-refractivity contribution in [2.75, 3.05) is 13.7 Å². The van der Waals surface area contributed by atoms with Crippen LogP contribution < -0.4 is 4.74 Å². The van der Waals surface area contributed by atoms with Gasteiger partial charge in [0.25, 0.3) is 5.91 Å². The molecule has 1 atom stereocenters. The highest BCUT2D eigenvalue weighted by molar-refractivity contribution is 5.92. The van der Waals surface area contributed by atoms with E-state index in [0.29, 0.717) is 24.6 Å². The molecule has 1 aromatic carbocycles. The van der Waals surface area contributed by atoms with Gasteiger partial charge in [-0.05, 0) is 56.0 Å². The molecule has 1 saturated heterocycles. The number of likely N-dealkylation sites (tertiary alicyclic amines) is 1. The average molecular weight is 391 g/mol. The van der Waals surface area contributed by atoms with Crippen molar-refractivity contribution in [3.05, 3.63) is 77.3 Å². The summed E-state index contributed by atoms with van der Waals surface area (Å²) >= 11 is 0. The van der Waals surface area contributed by atoms with Crippen molar-refractivity contribution in [2.24, 2.45) is 0 Å². The minimum absolute atomic E-state index is 0.0639. The molecule has 1 aliphatic rings. The lowest BCUT2D eigenvalue weighted by atomic mass is 10.0. The van der Waals surface area contributed by atoms with Crippen LogP contribution in [0.15, 0.2) is 53.1 Å². The van der Waals surface area contributed by atoms with Gasteiger partial charge in [-0.15, -0.1) is 0 Å². The molecule has 0 spiro atoms. The predicted molar refractivity (Wildman–Crippen MR) is 109 cm³/mol. The monoisotopic (exact) mass is 391 g/mol. The Morgan fingerprint density at radius 3 is 2.93 bits per heavy atom. The van der Waals surface area contributed by atoms with Crippen molar-refractivity contribution in [3.8, 4) is 5.75 Å². The molecule has 0 unspecified atom stereocenters. The Labute approximate surface area is 170 Å². The molecule has 0 saturated carbocycles. The van der Waals surface area contributed by atoms with E-state index in [4.69, 9.17) is 9.15 Å². The summed E-state index contributed by atoms with van der Waals surface area (Å²) in [5.41, 5.74) is 2.40. The molecule has 1 aliphatic heterocycles. The van der Waals surface area contributed by atoms with E-state index in [2.05, 4.69) is 9.97 Å². The molecule has 29 heavy (non-hydrogen) atoms. The van der Waals surface area contributed by atoms with Gasteiger partial charge in [0, 0.05) is 18.7 Å². The fourth-order valence-electron chi connectivity index (χ4n) is 3.78. The number of aryl methyl sites for hydroxylation is 1. The van der Waals surface area contributed by atoms with Gasteiger partial charge in [0.2, 0.25) is 5.89 Å². The van der Waals surface area contributed by atoms with Gasteiger partial charge < -0.3 is 14.1 Å². The van der Waals surface area contributed by atoms with Gasteiger partial charge in [0.1, 0.15) is 23.2 Å². The maximum Gasteiger partial charge on any atom is 0.273 e. The topological polar surface area (TPSA) is 68.5 Å². The highest BCUT2D eigenvalue weighted by atomic mass is 16.5. The SMILES string of the molecule is COc1cccc(Cc2cnc([C@@H]3CCCCN3C(=O)c3cccc(C)n3)o2)c1. The molecule has 6 nitrogen and oxygen atoms in total. The summed E-state index contributed by atoms with van der Waals surface area (Å²) in [6.07, 6.45) is 5.26. The molecule has 2 aromatic heterocycles. The molecule has 1 amide bonds. The highest BCUT2D eigenvalue weighted by Gasteiger charge is 2.32. The van der Waals surface area contributed by atoms with Crippen LogP contribution in [-0.2, 0) is 6.42 Å². The summed E-state index contributed by atoms with van der Waals surface area (Å²) in [6.45, 7) is 2.58. The average Bonchev–Trinajstić information content (AvgIpc) is 3.21. The highest BCUT2D eigenvalue weighted by Crippen LogP contribution is 2.32. The number of hydrogen-bond donors (Lipinski definition) is 0. The number of carbonyl (C=O) groups excluding carboxylic acids is 1. The number of aromatic nitrogens is 2. The van der Waals surface area contributed by atoms with Gasteiger partial charge >= 0.3 is 0 Å². The van der Waals surface area contributed by atoms with Crippen molar-refractivity contribution in [1.29, 1.82) is 0 Å². The van der Waals surface area contributed by atoms with Crippen LogP contribution in [0.3, 0.4) is 0 Å². The molecule has 0 N–H and O–H groups in total. The zero-order valence-corrected chi connectivity index (χ0v) is 16.8. The summed E-state index contributed by atoms with van der Waals surface area (Å²) < 4.78 is 11.4. The van der Waals surface area contributed by atoms with Crippen LogP contribution in [0, 0.1) is 6.92 Å². The zero-order chi connectivity index (χ0) is 20.2. The smallest absolute Gasteiger partial charge is 0.273 e. The van der Waals surface area contributed by atoms with Crippen LogP contribution in [0.5, 0.6) is 5.75 Å². The number of amides is 1. The lowest BCUT2D eigenvalue weighted by molar-refractivity contribution is 0.0563. The standard InChI is InChI=1S/C23H25N3O3/c1-16-7-5-10-20(25-16)23(27)26-12-4-3-11-21(26)22-24-15-19(29-22)14-17-8-6-9-18(13-17)28-2/h5-10,13,15,21H,3-4,11-12,14H2,1-2H3/t21-/m0/s1. The fraction of sp³-hybridized carbons (Fsp3) is 0.348. The number of piperidine rings is 1. The first-order valence-corrected chi connectivity index (χ1v) is 9.96. The molecule has 4 rings (SSSR count). The van der Waals surface area contributed by atoms with Crippen molar-refractivity contribution in [3.63, 3.8) is 0 Å². The van der Waals surface area contributed by atoms with Crippen molar-refractivity contribution in [1.82, 2.24) is 14.9 Å². The second kappa shape index (κ2) is 8.47. The van der Waals surface area contributed by atoms with Gasteiger partial charge in [-0.3, -0.25) is 4.79 Å². The van der Waals surface area contributed by atoms with E-state index in [-0.39, 0.29) is 11.9 Å². The van der Waals surface area contributed by atoms with Gasteiger partial charge in [-0.2, -0.15) is 0 Å². The Kier molecular flexibility index (Phi) is 5.60. The molecular weight excluding hydrogens is 366 g/mol. The van der Waals surface area contributed by atoms with E-state index in [1.54, 1.807) is 19.4 Å². The van der Waals surface area contributed by atoms with Gasteiger partial charge in [0.05, 0.1) is 13.3 Å². The largest absolute Gasteiger partial charge is 0.497 e. The zero-order valence-electron chi connectivity index (χ0n) is 16.8. The van der Waals surface area contributed by atoms with E-state index >= 15 is 0 Å². The molecule has 0 bridgehead atoms. The first-order valence-electron chi connectivity index (χ1n) is 9.96. The molecule has 0 radical (unpaired) electrons. The van der Waals surface area contributed by atoms with Crippen LogP contribution in [-0.4, -0.2) is 34.4 Å². The lowest BCUT2D eigenvalue weighted by Crippen LogP contribution is -2.39. The van der Waals surface area contributed by atoms with Crippen LogP contribution >= 0.6 is 0 Å². The quantitative estimate of drug-likeness (QED) is 0.647. The molecule has 3 heterocycles. The van der Waals surface area contributed by atoms with Crippen LogP contribution in [0.25, 0.3) is 0 Å². The number of hydrogen-bond acceptors (Lipinski definition) is 5. The third-order valence-corrected chi connectivity index (χ3v) is 5.24. The maximum atomic E-state index is 13.1. The van der Waals surface area contributed by atoms with Gasteiger partial charge in [-0.1, -0.05) is 18.2 Å². The van der Waals surface area contributed by atoms with Crippen LogP contribution in [0.1, 0.15) is 58.7 Å². The number of carbonyl (C=O) groups is 1. The second-order valence-electron chi connectivity index (χ2n) is 7.37. The molecular formula is C23H25N3O3. The number of ether oxygens (including phenoxy) is 1. The molecule has 0 aliphatic carbocycles. The minimum Gasteiger partial charge on any atom is -0.497 e. The van der Waals surface area contributed by atoms with Crippen molar-refractivity contribution in [2.45, 2.75) is 38.6 Å². The Morgan fingerprint density at radius 2 is 2.10 bits per heavy atom. The number of oxazole rings is 1. The number of pyridine rings is 1. The molecule has 150 valence electrons. The predicted octanol–water partition coefficient (Wildman–Crippen LogP) is 4.34. The third-order valence-electron chi connectivity index (χ3n) is 5.24. The van der Waals surface area contributed by atoms with Crippen molar-refractivity contribution < 1.29 is 13.9 Å². The Hall–Kier alpha value is -3.15. The van der Waals surface area contributed by atoms with E-state index in [0.717, 1.165) is 42.0 Å². The molecule has 6 heteroatoms. The van der Waals surface area contributed by atoms with E-state index in [1.165, 1.54) is 0 Å². The van der Waals surface area contributed by atoms with Crippen LogP contribution in [0.4, 0.5) is 0 Å². The van der Waals surface area contributed by atoms with Crippen LogP contribution in [0.2, 0.25) is 0 Å². The van der Waals surface area contributed by atoms with Gasteiger partial charge in [0.15, 0.2) is 0 Å². The summed E-state index contributed by atoms with van der Waals surface area (Å²) in [4.78, 5) is 23.8. The normalized spacial score (nSPS) is 16.6. The minimum atomic E-state index is -0.155. The first kappa shape index (κ1) is 19.2. The summed E-state index contributed by atoms with van der Waals surface area (Å²) in [5, 5.41) is 0. The summed E-state index contributed by atoms with van der Waals surface area (Å²) in [5.74, 6) is 2.13. The summed E-state index contributed by atoms with van der Waals surface area (Å²) in [7, 11) is 1.66. The summed E-state index contributed by atoms with van der Waals surface area (Å²) in [6, 6.07) is 13.3. The van der Waals surface area contributed by atoms with Crippen molar-refractivity contribution >= 4 is 5.91 Å².